The van der Waals surface area contributed by atoms with E-state index < -0.39 is 0 Å². The van der Waals surface area contributed by atoms with Crippen molar-refractivity contribution in [3.8, 4) is 6.07 Å². The Morgan fingerprint density at radius 1 is 1.27 bits per heavy atom. The zero-order chi connectivity index (χ0) is 8.10. The molecule has 1 nitrogen and oxygen atoms in total. The molecule has 1 saturated carbocycles. The molecule has 62 valence electrons. The molecule has 0 saturated heterocycles. The smallest absolute Gasteiger partial charge is 0.0667 e. The largest absolute Gasteiger partial charge is 0.198 e. The van der Waals surface area contributed by atoms with Crippen molar-refractivity contribution in [3.05, 3.63) is 0 Å². The minimum absolute atomic E-state index is 0.326. The van der Waals surface area contributed by atoms with Gasteiger partial charge in [0, 0.05) is 5.25 Å². The molecular weight excluding hydrogens is 154 g/mol. The number of nitriles is 1. The molecular formula is C9H15NS. The van der Waals surface area contributed by atoms with E-state index in [1.807, 2.05) is 11.8 Å². The molecule has 0 bridgehead atoms. The van der Waals surface area contributed by atoms with Gasteiger partial charge >= 0.3 is 0 Å². The molecule has 11 heavy (non-hydrogen) atoms. The van der Waals surface area contributed by atoms with E-state index in [-0.39, 0.29) is 0 Å². The molecule has 0 aromatic carbocycles. The summed E-state index contributed by atoms with van der Waals surface area (Å²) in [4.78, 5) is 0. The van der Waals surface area contributed by atoms with Gasteiger partial charge in [-0.15, -0.1) is 0 Å². The maximum absolute atomic E-state index is 8.85. The van der Waals surface area contributed by atoms with Crippen molar-refractivity contribution in [2.24, 2.45) is 5.92 Å². The molecule has 2 heteroatoms. The van der Waals surface area contributed by atoms with Crippen molar-refractivity contribution in [1.82, 2.24) is 0 Å². The van der Waals surface area contributed by atoms with Gasteiger partial charge in [0.2, 0.25) is 0 Å². The molecule has 2 atom stereocenters. The highest BCUT2D eigenvalue weighted by molar-refractivity contribution is 7.99. The third kappa shape index (κ3) is 2.41. The average molecular weight is 169 g/mol. The van der Waals surface area contributed by atoms with Gasteiger partial charge in [0.15, 0.2) is 0 Å². The van der Waals surface area contributed by atoms with Crippen molar-refractivity contribution >= 4 is 11.8 Å². The predicted octanol–water partition coefficient (Wildman–Crippen LogP) is 2.82. The molecule has 0 amide bonds. The van der Waals surface area contributed by atoms with Crippen LogP contribution in [0.25, 0.3) is 0 Å². The molecule has 2 unspecified atom stereocenters. The van der Waals surface area contributed by atoms with Gasteiger partial charge in [-0.1, -0.05) is 19.3 Å². The van der Waals surface area contributed by atoms with Crippen LogP contribution in [-0.2, 0) is 0 Å². The van der Waals surface area contributed by atoms with E-state index >= 15 is 0 Å². The van der Waals surface area contributed by atoms with E-state index in [1.165, 1.54) is 25.7 Å². The maximum atomic E-state index is 8.85. The number of nitrogens with zero attached hydrogens (tertiary/aromatic N) is 1. The fraction of sp³-hybridized carbons (Fsp3) is 0.889. The van der Waals surface area contributed by atoms with Crippen LogP contribution < -0.4 is 0 Å². The van der Waals surface area contributed by atoms with Crippen LogP contribution in [0.4, 0.5) is 0 Å². The van der Waals surface area contributed by atoms with Crippen molar-refractivity contribution in [3.63, 3.8) is 0 Å². The highest BCUT2D eigenvalue weighted by Gasteiger charge is 2.21. The lowest BCUT2D eigenvalue weighted by Crippen LogP contribution is -2.13. The topological polar surface area (TPSA) is 23.8 Å². The fourth-order valence-electron chi connectivity index (χ4n) is 1.70. The Morgan fingerprint density at radius 2 is 2.00 bits per heavy atom. The first-order chi connectivity index (χ1) is 5.38. The van der Waals surface area contributed by atoms with Gasteiger partial charge in [-0.2, -0.15) is 17.0 Å². The van der Waals surface area contributed by atoms with Crippen molar-refractivity contribution in [2.45, 2.75) is 37.4 Å². The van der Waals surface area contributed by atoms with Gasteiger partial charge in [-0.25, -0.2) is 0 Å². The second-order valence-corrected chi connectivity index (χ2v) is 4.22. The third-order valence-corrected chi connectivity index (χ3v) is 3.59. The molecule has 1 aliphatic carbocycles. The Morgan fingerprint density at radius 3 is 2.64 bits per heavy atom. The van der Waals surface area contributed by atoms with Crippen molar-refractivity contribution in [1.29, 1.82) is 5.26 Å². The van der Waals surface area contributed by atoms with Crippen LogP contribution in [0.1, 0.15) is 32.1 Å². The minimum atomic E-state index is 0.326. The second kappa shape index (κ2) is 4.66. The second-order valence-electron chi connectivity index (χ2n) is 3.15. The Kier molecular flexibility index (Phi) is 3.79. The highest BCUT2D eigenvalue weighted by atomic mass is 32.2. The van der Waals surface area contributed by atoms with Gasteiger partial charge in [-0.05, 0) is 19.1 Å². The van der Waals surface area contributed by atoms with Crippen molar-refractivity contribution in [2.75, 3.05) is 6.26 Å². The summed E-state index contributed by atoms with van der Waals surface area (Å²) in [5.74, 6) is 0.326. The van der Waals surface area contributed by atoms with Crippen LogP contribution in [0.2, 0.25) is 0 Å². The van der Waals surface area contributed by atoms with Gasteiger partial charge in [0.25, 0.3) is 0 Å². The maximum Gasteiger partial charge on any atom is 0.0667 e. The normalized spacial score (nSPS) is 32.4. The first-order valence-electron chi connectivity index (χ1n) is 4.31. The molecule has 0 aliphatic heterocycles. The fourth-order valence-corrected chi connectivity index (χ4v) is 2.63. The summed E-state index contributed by atoms with van der Waals surface area (Å²) in [5.41, 5.74) is 0. The van der Waals surface area contributed by atoms with Crippen LogP contribution in [0.5, 0.6) is 0 Å². The van der Waals surface area contributed by atoms with E-state index in [4.69, 9.17) is 5.26 Å². The molecule has 0 heterocycles. The number of thioether (sulfide) groups is 1. The van der Waals surface area contributed by atoms with E-state index in [2.05, 4.69) is 12.3 Å². The van der Waals surface area contributed by atoms with Crippen LogP contribution in [0, 0.1) is 17.2 Å². The predicted molar refractivity (Wildman–Crippen MR) is 49.5 cm³/mol. The lowest BCUT2D eigenvalue weighted by molar-refractivity contribution is 0.586. The number of hydrogen-bond donors (Lipinski definition) is 0. The van der Waals surface area contributed by atoms with Crippen LogP contribution in [0.3, 0.4) is 0 Å². The summed E-state index contributed by atoms with van der Waals surface area (Å²) in [6.07, 6.45) is 8.41. The summed E-state index contributed by atoms with van der Waals surface area (Å²) in [6, 6.07) is 2.42. The zero-order valence-electron chi connectivity index (χ0n) is 7.05. The molecule has 1 fully saturated rings. The quantitative estimate of drug-likeness (QED) is 0.564. The summed E-state index contributed by atoms with van der Waals surface area (Å²) in [5, 5.41) is 9.47. The molecule has 0 aromatic heterocycles. The standard InChI is InChI=1S/C9H15NS/c1-11-9-6-4-2-3-5-8(9)7-10/h8-9H,2-6H2,1H3. The SMILES string of the molecule is CSC1CCCCCC1C#N. The lowest BCUT2D eigenvalue weighted by Gasteiger charge is -2.15. The van der Waals surface area contributed by atoms with Crippen LogP contribution in [0.15, 0.2) is 0 Å². The van der Waals surface area contributed by atoms with Crippen LogP contribution >= 0.6 is 11.8 Å². The van der Waals surface area contributed by atoms with E-state index in [9.17, 15) is 0 Å². The third-order valence-electron chi connectivity index (χ3n) is 2.42. The van der Waals surface area contributed by atoms with E-state index in [0.717, 1.165) is 6.42 Å². The molecule has 1 aliphatic rings. The van der Waals surface area contributed by atoms with Gasteiger partial charge in [0.1, 0.15) is 0 Å². The number of rotatable bonds is 1. The molecule has 0 spiro atoms. The zero-order valence-corrected chi connectivity index (χ0v) is 7.86. The van der Waals surface area contributed by atoms with Gasteiger partial charge in [0.05, 0.1) is 12.0 Å². The van der Waals surface area contributed by atoms with E-state index in [1.54, 1.807) is 0 Å². The van der Waals surface area contributed by atoms with Gasteiger partial charge < -0.3 is 0 Å². The molecule has 0 radical (unpaired) electrons. The summed E-state index contributed by atoms with van der Waals surface area (Å²) in [7, 11) is 0. The molecule has 0 aromatic rings. The Balaban J connectivity index is 2.49. The Hall–Kier alpha value is -0.160. The molecule has 1 rings (SSSR count). The summed E-state index contributed by atoms with van der Waals surface area (Å²) >= 11 is 1.87. The minimum Gasteiger partial charge on any atom is -0.198 e. The first kappa shape index (κ1) is 8.93. The van der Waals surface area contributed by atoms with Gasteiger partial charge in [-0.3, -0.25) is 0 Å². The Bertz CT molecular complexity index is 150. The first-order valence-corrected chi connectivity index (χ1v) is 5.59. The lowest BCUT2D eigenvalue weighted by atomic mass is 10.0. The highest BCUT2D eigenvalue weighted by Crippen LogP contribution is 2.30. The Labute approximate surface area is 73.2 Å². The van der Waals surface area contributed by atoms with Crippen molar-refractivity contribution < 1.29 is 0 Å². The molecule has 0 N–H and O–H groups in total. The monoisotopic (exact) mass is 169 g/mol. The summed E-state index contributed by atoms with van der Waals surface area (Å²) < 4.78 is 0. The average Bonchev–Trinajstić information content (AvgIpc) is 2.27. The number of hydrogen-bond acceptors (Lipinski definition) is 2. The van der Waals surface area contributed by atoms with E-state index in [0.29, 0.717) is 11.2 Å². The van der Waals surface area contributed by atoms with Crippen LogP contribution in [-0.4, -0.2) is 11.5 Å². The summed E-state index contributed by atoms with van der Waals surface area (Å²) in [6.45, 7) is 0.